The number of anilines is 1. The van der Waals surface area contributed by atoms with Crippen molar-refractivity contribution in [3.05, 3.63) is 41.5 Å². The first-order valence-corrected chi connectivity index (χ1v) is 9.29. The van der Waals surface area contributed by atoms with Gasteiger partial charge in [0, 0.05) is 6.04 Å². The molecule has 1 fully saturated rings. The minimum Gasteiger partial charge on any atom is -0.368 e. The molecule has 4 nitrogen and oxygen atoms in total. The quantitative estimate of drug-likeness (QED) is 0.714. The Bertz CT molecular complexity index is 955. The molecule has 0 saturated heterocycles. The van der Waals surface area contributed by atoms with Gasteiger partial charge in [-0.3, -0.25) is 4.40 Å². The van der Waals surface area contributed by atoms with Crippen LogP contribution >= 0.6 is 0 Å². The topological polar surface area (TPSA) is 53.1 Å². The number of para-hydroxylation sites is 2. The second-order valence-electron chi connectivity index (χ2n) is 7.37. The summed E-state index contributed by atoms with van der Waals surface area (Å²) in [5.74, 6) is 1.35. The molecule has 1 aromatic carbocycles. The summed E-state index contributed by atoms with van der Waals surface area (Å²) in [6, 6.07) is 13.2. The summed E-state index contributed by atoms with van der Waals surface area (Å²) in [6.45, 7) is 4.28. The fraction of sp³-hybridized carbons (Fsp3) is 0.429. The van der Waals surface area contributed by atoms with E-state index in [0.717, 1.165) is 28.1 Å². The highest BCUT2D eigenvalue weighted by Gasteiger charge is 2.21. The molecule has 2 heterocycles. The maximum atomic E-state index is 9.78. The molecule has 3 aromatic rings. The number of hydrogen-bond donors (Lipinski definition) is 1. The second kappa shape index (κ2) is 6.40. The van der Waals surface area contributed by atoms with Gasteiger partial charge >= 0.3 is 0 Å². The first kappa shape index (κ1) is 16.0. The number of imidazole rings is 1. The van der Waals surface area contributed by atoms with E-state index in [1.165, 1.54) is 32.1 Å². The van der Waals surface area contributed by atoms with Crippen LogP contribution in [0.2, 0.25) is 0 Å². The van der Waals surface area contributed by atoms with Crippen molar-refractivity contribution >= 4 is 22.5 Å². The first-order valence-electron chi connectivity index (χ1n) is 9.29. The smallest absolute Gasteiger partial charge is 0.157 e. The molecule has 128 valence electrons. The Kier molecular flexibility index (Phi) is 4.09. The highest BCUT2D eigenvalue weighted by Crippen LogP contribution is 2.32. The van der Waals surface area contributed by atoms with E-state index in [2.05, 4.69) is 41.8 Å². The minimum atomic E-state index is 0.284. The molecule has 4 heteroatoms. The maximum absolute atomic E-state index is 9.78. The van der Waals surface area contributed by atoms with Crippen LogP contribution in [0.3, 0.4) is 0 Å². The van der Waals surface area contributed by atoms with Gasteiger partial charge in [-0.25, -0.2) is 4.98 Å². The van der Waals surface area contributed by atoms with Gasteiger partial charge in [-0.15, -0.1) is 0 Å². The normalized spacial score (nSPS) is 15.8. The Labute approximate surface area is 148 Å². The molecule has 4 rings (SSSR count). The minimum absolute atomic E-state index is 0.284. The Morgan fingerprint density at radius 1 is 1.20 bits per heavy atom. The molecule has 2 aromatic heterocycles. The Morgan fingerprint density at radius 3 is 2.68 bits per heavy atom. The molecule has 0 aliphatic heterocycles. The molecule has 0 spiro atoms. The lowest BCUT2D eigenvalue weighted by molar-refractivity contribution is 0.461. The maximum Gasteiger partial charge on any atom is 0.157 e. The molecular weight excluding hydrogens is 308 g/mol. The van der Waals surface area contributed by atoms with Gasteiger partial charge in [0.2, 0.25) is 0 Å². The zero-order chi connectivity index (χ0) is 17.4. The lowest BCUT2D eigenvalue weighted by Gasteiger charge is -2.25. The van der Waals surface area contributed by atoms with E-state index in [-0.39, 0.29) is 5.92 Å². The van der Waals surface area contributed by atoms with Crippen LogP contribution in [0.15, 0.2) is 30.3 Å². The summed E-state index contributed by atoms with van der Waals surface area (Å²) in [7, 11) is 0. The van der Waals surface area contributed by atoms with E-state index >= 15 is 0 Å². The van der Waals surface area contributed by atoms with E-state index in [0.29, 0.717) is 11.6 Å². The molecule has 1 aliphatic rings. The SMILES string of the molecule is CC(C)c1cc(NC2CCCCC2)n2c(nc3ccccc32)c1C#N. The predicted molar refractivity (Wildman–Crippen MR) is 102 cm³/mol. The van der Waals surface area contributed by atoms with E-state index in [1.54, 1.807) is 0 Å². The summed E-state index contributed by atoms with van der Waals surface area (Å²) in [4.78, 5) is 4.78. The van der Waals surface area contributed by atoms with E-state index in [4.69, 9.17) is 4.98 Å². The van der Waals surface area contributed by atoms with Crippen molar-refractivity contribution in [1.82, 2.24) is 9.38 Å². The van der Waals surface area contributed by atoms with Crippen LogP contribution in [-0.2, 0) is 0 Å². The van der Waals surface area contributed by atoms with Gasteiger partial charge < -0.3 is 5.32 Å². The number of pyridine rings is 1. The molecular formula is C21H24N4. The van der Waals surface area contributed by atoms with Crippen molar-refractivity contribution in [2.24, 2.45) is 0 Å². The van der Waals surface area contributed by atoms with Crippen LogP contribution in [0.5, 0.6) is 0 Å². The van der Waals surface area contributed by atoms with Crippen LogP contribution in [0, 0.1) is 11.3 Å². The van der Waals surface area contributed by atoms with Gasteiger partial charge in [-0.2, -0.15) is 5.26 Å². The average molecular weight is 332 g/mol. The molecule has 0 bridgehead atoms. The van der Waals surface area contributed by atoms with Crippen LogP contribution in [-0.4, -0.2) is 15.4 Å². The number of rotatable bonds is 3. The van der Waals surface area contributed by atoms with Crippen LogP contribution < -0.4 is 5.32 Å². The summed E-state index contributed by atoms with van der Waals surface area (Å²) < 4.78 is 2.13. The lowest BCUT2D eigenvalue weighted by Crippen LogP contribution is -2.24. The average Bonchev–Trinajstić information content (AvgIpc) is 3.02. The van der Waals surface area contributed by atoms with Crippen molar-refractivity contribution in [3.8, 4) is 6.07 Å². The fourth-order valence-corrected chi connectivity index (χ4v) is 3.98. The van der Waals surface area contributed by atoms with Crippen molar-refractivity contribution in [3.63, 3.8) is 0 Å². The highest BCUT2D eigenvalue weighted by molar-refractivity contribution is 5.85. The first-order chi connectivity index (χ1) is 12.2. The van der Waals surface area contributed by atoms with Crippen LogP contribution in [0.25, 0.3) is 16.7 Å². The van der Waals surface area contributed by atoms with E-state index in [9.17, 15) is 5.26 Å². The molecule has 1 N–H and O–H groups in total. The number of nitrogens with zero attached hydrogens (tertiary/aromatic N) is 3. The Balaban J connectivity index is 1.97. The molecule has 1 saturated carbocycles. The van der Waals surface area contributed by atoms with Gasteiger partial charge in [0.15, 0.2) is 5.65 Å². The summed E-state index contributed by atoms with van der Waals surface area (Å²) in [5.41, 5.74) is 4.53. The number of nitriles is 1. The fourth-order valence-electron chi connectivity index (χ4n) is 3.98. The standard InChI is InChI=1S/C21H24N4/c1-14(2)16-12-20(23-15-8-4-3-5-9-15)25-19-11-7-6-10-18(19)24-21(25)17(16)13-22/h6-7,10-12,14-15,23H,3-5,8-9H2,1-2H3. The summed E-state index contributed by atoms with van der Waals surface area (Å²) in [5, 5.41) is 13.5. The number of hydrogen-bond acceptors (Lipinski definition) is 3. The van der Waals surface area contributed by atoms with Gasteiger partial charge in [-0.1, -0.05) is 45.2 Å². The predicted octanol–water partition coefficient (Wildman–Crippen LogP) is 5.23. The number of benzene rings is 1. The molecule has 1 aliphatic carbocycles. The van der Waals surface area contributed by atoms with Gasteiger partial charge in [0.1, 0.15) is 11.9 Å². The van der Waals surface area contributed by atoms with Crippen molar-refractivity contribution in [2.75, 3.05) is 5.32 Å². The number of nitrogens with one attached hydrogen (secondary N) is 1. The number of fused-ring (bicyclic) bond motifs is 3. The largest absolute Gasteiger partial charge is 0.368 e. The van der Waals surface area contributed by atoms with Crippen molar-refractivity contribution in [1.29, 1.82) is 5.26 Å². The van der Waals surface area contributed by atoms with Crippen LogP contribution in [0.1, 0.15) is 63.0 Å². The summed E-state index contributed by atoms with van der Waals surface area (Å²) >= 11 is 0. The number of aromatic nitrogens is 2. The van der Waals surface area contributed by atoms with Crippen molar-refractivity contribution < 1.29 is 0 Å². The van der Waals surface area contributed by atoms with Gasteiger partial charge in [0.05, 0.1) is 16.6 Å². The second-order valence-corrected chi connectivity index (χ2v) is 7.37. The van der Waals surface area contributed by atoms with Crippen molar-refractivity contribution in [2.45, 2.75) is 57.9 Å². The Morgan fingerprint density at radius 2 is 1.96 bits per heavy atom. The monoisotopic (exact) mass is 332 g/mol. The van der Waals surface area contributed by atoms with Crippen LogP contribution in [0.4, 0.5) is 5.82 Å². The molecule has 0 radical (unpaired) electrons. The van der Waals surface area contributed by atoms with E-state index < -0.39 is 0 Å². The third-order valence-electron chi connectivity index (χ3n) is 5.30. The molecule has 0 amide bonds. The van der Waals surface area contributed by atoms with E-state index in [1.807, 2.05) is 18.2 Å². The molecule has 25 heavy (non-hydrogen) atoms. The third kappa shape index (κ3) is 2.74. The molecule has 0 unspecified atom stereocenters. The Hall–Kier alpha value is -2.54. The van der Waals surface area contributed by atoms with Gasteiger partial charge in [0.25, 0.3) is 0 Å². The third-order valence-corrected chi connectivity index (χ3v) is 5.30. The lowest BCUT2D eigenvalue weighted by atomic mass is 9.95. The zero-order valence-electron chi connectivity index (χ0n) is 14.9. The molecule has 0 atom stereocenters. The zero-order valence-corrected chi connectivity index (χ0v) is 14.9. The van der Waals surface area contributed by atoms with Gasteiger partial charge in [-0.05, 0) is 42.5 Å². The highest BCUT2D eigenvalue weighted by atomic mass is 15.1. The summed E-state index contributed by atoms with van der Waals surface area (Å²) in [6.07, 6.45) is 6.35.